The highest BCUT2D eigenvalue weighted by molar-refractivity contribution is 6.01. The summed E-state index contributed by atoms with van der Waals surface area (Å²) in [6.45, 7) is -0.0181. The summed E-state index contributed by atoms with van der Waals surface area (Å²) in [7, 11) is 0. The molecule has 0 atom stereocenters. The number of primary amides is 1. The number of benzene rings is 3. The SMILES string of the molecule is N=C(N)c1cc(Oc2ccccc2)cc(Oc2nc(Oc3cccc(NC(N)=O)c3)nc3c2NC(=O)CN3)c1. The van der Waals surface area contributed by atoms with Crippen molar-refractivity contribution in [1.29, 1.82) is 5.41 Å². The molecule has 0 radical (unpaired) electrons. The topological polar surface area (TPSA) is 200 Å². The van der Waals surface area contributed by atoms with Crippen molar-refractivity contribution < 1.29 is 23.8 Å². The quantitative estimate of drug-likeness (QED) is 0.145. The van der Waals surface area contributed by atoms with Gasteiger partial charge in [0.1, 0.15) is 34.5 Å². The van der Waals surface area contributed by atoms with E-state index in [0.29, 0.717) is 28.5 Å². The van der Waals surface area contributed by atoms with Gasteiger partial charge in [-0.2, -0.15) is 9.97 Å². The molecule has 3 amide bonds. The van der Waals surface area contributed by atoms with Crippen molar-refractivity contribution in [2.45, 2.75) is 0 Å². The molecule has 0 bridgehead atoms. The number of urea groups is 1. The van der Waals surface area contributed by atoms with Crippen molar-refractivity contribution in [3.8, 4) is 34.9 Å². The van der Waals surface area contributed by atoms with Crippen LogP contribution in [-0.4, -0.2) is 34.3 Å². The Balaban J connectivity index is 1.50. The van der Waals surface area contributed by atoms with Gasteiger partial charge in [0.05, 0.1) is 6.54 Å². The Morgan fingerprint density at radius 1 is 0.872 bits per heavy atom. The number of hydrogen-bond acceptors (Lipinski definition) is 9. The number of rotatable bonds is 8. The number of anilines is 3. The first-order chi connectivity index (χ1) is 18.8. The van der Waals surface area contributed by atoms with Crippen LogP contribution < -0.4 is 41.6 Å². The highest BCUT2D eigenvalue weighted by Gasteiger charge is 2.24. The zero-order valence-electron chi connectivity index (χ0n) is 20.2. The molecule has 0 fully saturated rings. The van der Waals surface area contributed by atoms with Gasteiger partial charge in [0, 0.05) is 23.4 Å². The number of fused-ring (bicyclic) bond motifs is 1. The van der Waals surface area contributed by atoms with Crippen molar-refractivity contribution in [3.63, 3.8) is 0 Å². The third-order valence-corrected chi connectivity index (χ3v) is 5.23. The summed E-state index contributed by atoms with van der Waals surface area (Å²) in [5, 5.41) is 16.0. The van der Waals surface area contributed by atoms with Crippen LogP contribution in [0.15, 0.2) is 72.8 Å². The number of nitrogens with two attached hydrogens (primary N) is 2. The van der Waals surface area contributed by atoms with Crippen LogP contribution in [0.1, 0.15) is 5.56 Å². The molecular formula is C26H22N8O5. The molecule has 13 heteroatoms. The fraction of sp³-hybridized carbons (Fsp3) is 0.0385. The second kappa shape index (κ2) is 10.6. The number of amidine groups is 1. The second-order valence-corrected chi connectivity index (χ2v) is 8.18. The molecule has 0 saturated carbocycles. The third-order valence-electron chi connectivity index (χ3n) is 5.23. The Morgan fingerprint density at radius 2 is 1.62 bits per heavy atom. The van der Waals surface area contributed by atoms with Crippen LogP contribution in [0.4, 0.5) is 22.0 Å². The summed E-state index contributed by atoms with van der Waals surface area (Å²) in [6.07, 6.45) is 0. The maximum Gasteiger partial charge on any atom is 0.327 e. The Hall–Kier alpha value is -5.85. The Labute approximate surface area is 221 Å². The van der Waals surface area contributed by atoms with Gasteiger partial charge in [-0.3, -0.25) is 10.2 Å². The number of hydrogen-bond donors (Lipinski definition) is 6. The Bertz CT molecular complexity index is 1580. The monoisotopic (exact) mass is 526 g/mol. The second-order valence-electron chi connectivity index (χ2n) is 8.18. The van der Waals surface area contributed by atoms with Crippen LogP contribution in [0.5, 0.6) is 34.9 Å². The van der Waals surface area contributed by atoms with E-state index in [1.54, 1.807) is 42.5 Å². The van der Waals surface area contributed by atoms with Gasteiger partial charge in [0.2, 0.25) is 5.91 Å². The molecule has 5 rings (SSSR count). The molecule has 2 heterocycles. The number of para-hydroxylation sites is 1. The number of carbonyl (C=O) groups excluding carboxylic acids is 2. The van der Waals surface area contributed by atoms with Gasteiger partial charge in [-0.15, -0.1) is 0 Å². The first-order valence-corrected chi connectivity index (χ1v) is 11.5. The van der Waals surface area contributed by atoms with Crippen LogP contribution in [-0.2, 0) is 4.79 Å². The summed E-state index contributed by atoms with van der Waals surface area (Å²) in [6, 6.07) is 19.4. The van der Waals surface area contributed by atoms with Gasteiger partial charge >= 0.3 is 12.0 Å². The van der Waals surface area contributed by atoms with E-state index in [4.69, 9.17) is 31.1 Å². The lowest BCUT2D eigenvalue weighted by atomic mass is 10.2. The van der Waals surface area contributed by atoms with Crippen LogP contribution in [0.3, 0.4) is 0 Å². The average Bonchev–Trinajstić information content (AvgIpc) is 2.89. The normalized spacial score (nSPS) is 11.8. The highest BCUT2D eigenvalue weighted by Crippen LogP contribution is 2.38. The smallest absolute Gasteiger partial charge is 0.327 e. The van der Waals surface area contributed by atoms with E-state index in [0.717, 1.165) is 0 Å². The molecule has 1 aliphatic heterocycles. The largest absolute Gasteiger partial charge is 0.457 e. The van der Waals surface area contributed by atoms with Gasteiger partial charge in [0.25, 0.3) is 5.88 Å². The maximum absolute atomic E-state index is 12.1. The van der Waals surface area contributed by atoms with E-state index in [2.05, 4.69) is 25.9 Å². The molecule has 196 valence electrons. The lowest BCUT2D eigenvalue weighted by Crippen LogP contribution is -2.28. The summed E-state index contributed by atoms with van der Waals surface area (Å²) in [5.41, 5.74) is 11.9. The molecule has 8 N–H and O–H groups in total. The van der Waals surface area contributed by atoms with E-state index >= 15 is 0 Å². The summed E-state index contributed by atoms with van der Waals surface area (Å²) in [5.74, 6) is 1.19. The molecule has 0 unspecified atom stereocenters. The number of nitrogen functional groups attached to an aromatic ring is 1. The van der Waals surface area contributed by atoms with E-state index in [-0.39, 0.29) is 47.4 Å². The number of nitrogens with one attached hydrogen (secondary N) is 4. The molecule has 0 spiro atoms. The summed E-state index contributed by atoms with van der Waals surface area (Å²) < 4.78 is 17.8. The molecular weight excluding hydrogens is 504 g/mol. The van der Waals surface area contributed by atoms with Crippen molar-refractivity contribution in [2.75, 3.05) is 22.5 Å². The molecule has 1 aromatic heterocycles. The molecule has 1 aliphatic rings. The van der Waals surface area contributed by atoms with Crippen molar-refractivity contribution in [2.24, 2.45) is 11.5 Å². The fourth-order valence-corrected chi connectivity index (χ4v) is 3.59. The first kappa shape index (κ1) is 24.8. The molecule has 13 nitrogen and oxygen atoms in total. The number of nitrogens with zero attached hydrogens (tertiary/aromatic N) is 2. The van der Waals surface area contributed by atoms with Gasteiger partial charge < -0.3 is 41.6 Å². The number of amides is 3. The summed E-state index contributed by atoms with van der Waals surface area (Å²) in [4.78, 5) is 32.0. The van der Waals surface area contributed by atoms with Crippen LogP contribution in [0, 0.1) is 5.41 Å². The van der Waals surface area contributed by atoms with Gasteiger partial charge in [0.15, 0.2) is 5.82 Å². The zero-order chi connectivity index (χ0) is 27.4. The highest BCUT2D eigenvalue weighted by atomic mass is 16.5. The van der Waals surface area contributed by atoms with Crippen molar-refractivity contribution in [3.05, 3.63) is 78.4 Å². The van der Waals surface area contributed by atoms with Crippen LogP contribution >= 0.6 is 0 Å². The number of aromatic nitrogens is 2. The minimum atomic E-state index is -0.726. The molecule has 0 aliphatic carbocycles. The van der Waals surface area contributed by atoms with Crippen molar-refractivity contribution in [1.82, 2.24) is 9.97 Å². The minimum Gasteiger partial charge on any atom is -0.457 e. The molecule has 4 aromatic rings. The fourth-order valence-electron chi connectivity index (χ4n) is 3.59. The first-order valence-electron chi connectivity index (χ1n) is 11.5. The number of ether oxygens (including phenoxy) is 3. The summed E-state index contributed by atoms with van der Waals surface area (Å²) >= 11 is 0. The lowest BCUT2D eigenvalue weighted by Gasteiger charge is -2.21. The predicted octanol–water partition coefficient (Wildman–Crippen LogP) is 3.99. The van der Waals surface area contributed by atoms with E-state index in [1.807, 2.05) is 18.2 Å². The van der Waals surface area contributed by atoms with Gasteiger partial charge in [-0.05, 0) is 36.4 Å². The molecule has 3 aromatic carbocycles. The molecule has 0 saturated heterocycles. The predicted molar refractivity (Wildman–Crippen MR) is 143 cm³/mol. The number of carbonyl (C=O) groups is 2. The van der Waals surface area contributed by atoms with Crippen molar-refractivity contribution >= 4 is 35.0 Å². The Kier molecular flexibility index (Phi) is 6.77. The molecule has 39 heavy (non-hydrogen) atoms. The standard InChI is InChI=1S/C26H22N8O5/c27-22(28)14-9-18(37-16-6-2-1-3-7-16)12-19(10-14)38-24-21-23(30-13-20(35)32-21)33-26(34-24)39-17-8-4-5-15(11-17)31-25(29)36/h1-12H,13H2,(H3,27,28)(H,32,35)(H3,29,31,36)(H,30,33,34). The maximum atomic E-state index is 12.1. The average molecular weight is 527 g/mol. The Morgan fingerprint density at radius 3 is 2.36 bits per heavy atom. The van der Waals surface area contributed by atoms with Gasteiger partial charge in [-0.1, -0.05) is 24.3 Å². The van der Waals surface area contributed by atoms with Crippen LogP contribution in [0.25, 0.3) is 0 Å². The zero-order valence-corrected chi connectivity index (χ0v) is 20.2. The van der Waals surface area contributed by atoms with E-state index in [1.165, 1.54) is 12.1 Å². The van der Waals surface area contributed by atoms with E-state index in [9.17, 15) is 9.59 Å². The lowest BCUT2D eigenvalue weighted by molar-refractivity contribution is -0.114. The van der Waals surface area contributed by atoms with Crippen LogP contribution in [0.2, 0.25) is 0 Å². The third kappa shape index (κ3) is 6.11. The van der Waals surface area contributed by atoms with E-state index < -0.39 is 6.03 Å². The minimum absolute atomic E-state index is 0.0181. The van der Waals surface area contributed by atoms with Gasteiger partial charge in [-0.25, -0.2) is 4.79 Å².